The fraction of sp³-hybridized carbons (Fsp3) is 0.400. The minimum absolute atomic E-state index is 0.00962. The predicted octanol–water partition coefficient (Wildman–Crippen LogP) is 0.960. The summed E-state index contributed by atoms with van der Waals surface area (Å²) in [5.74, 6) is 0.934. The van der Waals surface area contributed by atoms with Crippen molar-refractivity contribution in [3.63, 3.8) is 0 Å². The molecule has 0 aliphatic heterocycles. The molecule has 14 heavy (non-hydrogen) atoms. The van der Waals surface area contributed by atoms with Crippen molar-refractivity contribution < 1.29 is 4.79 Å². The van der Waals surface area contributed by atoms with Crippen LogP contribution >= 0.6 is 0 Å². The van der Waals surface area contributed by atoms with Crippen LogP contribution in [0, 0.1) is 0 Å². The van der Waals surface area contributed by atoms with E-state index in [1.54, 1.807) is 6.20 Å². The summed E-state index contributed by atoms with van der Waals surface area (Å²) in [5.41, 5.74) is 0. The lowest BCUT2D eigenvalue weighted by molar-refractivity contribution is -0.118. The molecule has 4 nitrogen and oxygen atoms in total. The van der Waals surface area contributed by atoms with Gasteiger partial charge in [-0.05, 0) is 12.5 Å². The van der Waals surface area contributed by atoms with Gasteiger partial charge in [0.1, 0.15) is 5.82 Å². The van der Waals surface area contributed by atoms with Gasteiger partial charge in [-0.3, -0.25) is 4.79 Å². The van der Waals surface area contributed by atoms with Gasteiger partial charge in [0.2, 0.25) is 5.91 Å². The molecular weight excluding hydrogens is 178 g/mol. The molecule has 1 N–H and O–H groups in total. The topological polar surface area (TPSA) is 46.9 Å². The Kier molecular flexibility index (Phi) is 3.91. The van der Waals surface area contributed by atoms with Crippen LogP contribution < -0.4 is 5.32 Å². The number of imidazole rings is 1. The van der Waals surface area contributed by atoms with Gasteiger partial charge >= 0.3 is 0 Å². The van der Waals surface area contributed by atoms with E-state index < -0.39 is 0 Å². The molecule has 0 unspecified atom stereocenters. The van der Waals surface area contributed by atoms with Crippen molar-refractivity contribution in [3.05, 3.63) is 24.3 Å². The summed E-state index contributed by atoms with van der Waals surface area (Å²) in [7, 11) is 1.94. The summed E-state index contributed by atoms with van der Waals surface area (Å²) in [6.07, 6.45) is 8.42. The lowest BCUT2D eigenvalue weighted by Crippen LogP contribution is -2.20. The van der Waals surface area contributed by atoms with Crippen molar-refractivity contribution in [2.24, 2.45) is 7.05 Å². The smallest absolute Gasteiger partial charge is 0.216 e. The van der Waals surface area contributed by atoms with Crippen molar-refractivity contribution in [1.29, 1.82) is 0 Å². The van der Waals surface area contributed by atoms with Crippen LogP contribution in [0.5, 0.6) is 0 Å². The predicted molar refractivity (Wildman–Crippen MR) is 55.5 cm³/mol. The first kappa shape index (κ1) is 10.5. The van der Waals surface area contributed by atoms with E-state index in [0.717, 1.165) is 12.2 Å². The van der Waals surface area contributed by atoms with Gasteiger partial charge in [-0.15, -0.1) is 0 Å². The Hall–Kier alpha value is -1.58. The first-order valence-corrected chi connectivity index (χ1v) is 4.58. The quantitative estimate of drug-likeness (QED) is 0.724. The number of aromatic nitrogens is 2. The summed E-state index contributed by atoms with van der Waals surface area (Å²) < 4.78 is 1.94. The largest absolute Gasteiger partial charge is 0.356 e. The van der Waals surface area contributed by atoms with E-state index in [-0.39, 0.29) is 5.91 Å². The van der Waals surface area contributed by atoms with E-state index in [0.29, 0.717) is 6.54 Å². The first-order chi connectivity index (χ1) is 6.70. The highest BCUT2D eigenvalue weighted by Gasteiger charge is 1.91. The van der Waals surface area contributed by atoms with E-state index in [1.807, 2.05) is 30.0 Å². The Bertz CT molecular complexity index is 328. The molecular formula is C10H15N3O. The fourth-order valence-electron chi connectivity index (χ4n) is 1.06. The molecule has 1 amide bonds. The number of amides is 1. The molecule has 1 rings (SSSR count). The third-order valence-electron chi connectivity index (χ3n) is 1.81. The molecule has 0 spiro atoms. The van der Waals surface area contributed by atoms with Crippen molar-refractivity contribution in [3.8, 4) is 0 Å². The number of rotatable bonds is 4. The van der Waals surface area contributed by atoms with Gasteiger partial charge in [0.25, 0.3) is 0 Å². The molecule has 0 radical (unpaired) electrons. The van der Waals surface area contributed by atoms with Crippen molar-refractivity contribution in [2.75, 3.05) is 6.54 Å². The Balaban J connectivity index is 2.28. The number of aryl methyl sites for hydroxylation is 1. The standard InChI is InChI=1S/C10H15N3O/c1-9(14)11-6-4-3-5-10-12-7-8-13(10)2/h3,5,7-8H,4,6H2,1-2H3,(H,11,14). The summed E-state index contributed by atoms with van der Waals surface area (Å²) in [6, 6.07) is 0. The number of hydrogen-bond acceptors (Lipinski definition) is 2. The first-order valence-electron chi connectivity index (χ1n) is 4.58. The zero-order chi connectivity index (χ0) is 10.4. The van der Waals surface area contributed by atoms with E-state index in [2.05, 4.69) is 10.3 Å². The number of carbonyl (C=O) groups excluding carboxylic acids is 1. The summed E-state index contributed by atoms with van der Waals surface area (Å²) in [6.45, 7) is 2.19. The molecule has 0 aromatic carbocycles. The zero-order valence-electron chi connectivity index (χ0n) is 8.53. The average Bonchev–Trinajstić information content (AvgIpc) is 2.51. The third kappa shape index (κ3) is 3.43. The third-order valence-corrected chi connectivity index (χ3v) is 1.81. The van der Waals surface area contributed by atoms with E-state index in [9.17, 15) is 4.79 Å². The second-order valence-electron chi connectivity index (χ2n) is 3.07. The van der Waals surface area contributed by atoms with Gasteiger partial charge in [-0.2, -0.15) is 0 Å². The van der Waals surface area contributed by atoms with Crippen LogP contribution in [-0.4, -0.2) is 22.0 Å². The van der Waals surface area contributed by atoms with Crippen molar-refractivity contribution in [1.82, 2.24) is 14.9 Å². The maximum atomic E-state index is 10.5. The van der Waals surface area contributed by atoms with Crippen LogP contribution in [0.1, 0.15) is 19.2 Å². The molecule has 0 aliphatic rings. The molecule has 0 aliphatic carbocycles. The van der Waals surface area contributed by atoms with Crippen LogP contribution in [0.25, 0.3) is 6.08 Å². The van der Waals surface area contributed by atoms with E-state index >= 15 is 0 Å². The average molecular weight is 193 g/mol. The maximum Gasteiger partial charge on any atom is 0.216 e. The lowest BCUT2D eigenvalue weighted by Gasteiger charge is -1.97. The monoisotopic (exact) mass is 193 g/mol. The molecule has 0 saturated heterocycles. The highest BCUT2D eigenvalue weighted by molar-refractivity contribution is 5.72. The molecule has 0 atom stereocenters. The van der Waals surface area contributed by atoms with Crippen molar-refractivity contribution >= 4 is 12.0 Å². The zero-order valence-corrected chi connectivity index (χ0v) is 8.53. The number of hydrogen-bond donors (Lipinski definition) is 1. The van der Waals surface area contributed by atoms with E-state index in [1.165, 1.54) is 6.92 Å². The molecule has 1 heterocycles. The van der Waals surface area contributed by atoms with Gasteiger partial charge < -0.3 is 9.88 Å². The normalized spacial score (nSPS) is 10.7. The van der Waals surface area contributed by atoms with Crippen LogP contribution in [0.15, 0.2) is 18.5 Å². The lowest BCUT2D eigenvalue weighted by atomic mass is 10.3. The summed E-state index contributed by atoms with van der Waals surface area (Å²) in [4.78, 5) is 14.7. The highest BCUT2D eigenvalue weighted by Crippen LogP contribution is 1.97. The van der Waals surface area contributed by atoms with Crippen LogP contribution in [0.4, 0.5) is 0 Å². The second kappa shape index (κ2) is 5.21. The summed E-state index contributed by atoms with van der Waals surface area (Å²) >= 11 is 0. The molecule has 1 aromatic heterocycles. The Morgan fingerprint density at radius 2 is 2.50 bits per heavy atom. The van der Waals surface area contributed by atoms with Gasteiger partial charge in [0.05, 0.1) is 0 Å². The molecule has 4 heteroatoms. The summed E-state index contributed by atoms with van der Waals surface area (Å²) in [5, 5.41) is 2.72. The van der Waals surface area contributed by atoms with Gasteiger partial charge in [0, 0.05) is 32.9 Å². The van der Waals surface area contributed by atoms with Crippen LogP contribution in [-0.2, 0) is 11.8 Å². The Labute approximate surface area is 83.6 Å². The number of nitrogens with zero attached hydrogens (tertiary/aromatic N) is 2. The van der Waals surface area contributed by atoms with Gasteiger partial charge in [-0.25, -0.2) is 4.98 Å². The fourth-order valence-corrected chi connectivity index (χ4v) is 1.06. The number of nitrogens with one attached hydrogen (secondary N) is 1. The SMILES string of the molecule is CC(=O)NCCC=Cc1nccn1C. The number of carbonyl (C=O) groups is 1. The minimum atomic E-state index is 0.00962. The molecule has 1 aromatic rings. The molecule has 0 bridgehead atoms. The van der Waals surface area contributed by atoms with Crippen LogP contribution in [0.3, 0.4) is 0 Å². The van der Waals surface area contributed by atoms with Gasteiger partial charge in [-0.1, -0.05) is 6.08 Å². The molecule has 0 fully saturated rings. The van der Waals surface area contributed by atoms with E-state index in [4.69, 9.17) is 0 Å². The maximum absolute atomic E-state index is 10.5. The molecule has 76 valence electrons. The second-order valence-corrected chi connectivity index (χ2v) is 3.07. The Morgan fingerprint density at radius 3 is 3.07 bits per heavy atom. The van der Waals surface area contributed by atoms with Gasteiger partial charge in [0.15, 0.2) is 0 Å². The minimum Gasteiger partial charge on any atom is -0.356 e. The van der Waals surface area contributed by atoms with Crippen molar-refractivity contribution in [2.45, 2.75) is 13.3 Å². The highest BCUT2D eigenvalue weighted by atomic mass is 16.1. The Morgan fingerprint density at radius 1 is 1.71 bits per heavy atom. The molecule has 0 saturated carbocycles. The van der Waals surface area contributed by atoms with Crippen LogP contribution in [0.2, 0.25) is 0 Å².